The van der Waals surface area contributed by atoms with Crippen molar-refractivity contribution in [2.45, 2.75) is 57.4 Å². The van der Waals surface area contributed by atoms with E-state index in [4.69, 9.17) is 10.8 Å². The van der Waals surface area contributed by atoms with E-state index in [-0.39, 0.29) is 24.3 Å². The number of carboxylic acid groups (broad SMARTS) is 1. The molecule has 1 saturated carbocycles. The molecule has 0 aliphatic heterocycles. The van der Waals surface area contributed by atoms with E-state index >= 15 is 0 Å². The highest BCUT2D eigenvalue weighted by molar-refractivity contribution is 5.79. The van der Waals surface area contributed by atoms with Gasteiger partial charge in [0.25, 0.3) is 0 Å². The molecule has 0 spiro atoms. The van der Waals surface area contributed by atoms with E-state index < -0.39 is 5.97 Å². The van der Waals surface area contributed by atoms with Crippen molar-refractivity contribution in [3.8, 4) is 0 Å². The number of carbonyl (C=O) groups excluding carboxylic acids is 1. The number of carboxylic acids is 1. The molecule has 4 N–H and O–H groups in total. The first-order chi connectivity index (χ1) is 8.61. The molecule has 1 fully saturated rings. The van der Waals surface area contributed by atoms with E-state index in [2.05, 4.69) is 5.32 Å². The fourth-order valence-electron chi connectivity index (χ4n) is 2.41. The van der Waals surface area contributed by atoms with E-state index in [1.54, 1.807) is 0 Å². The molecule has 18 heavy (non-hydrogen) atoms. The zero-order valence-electron chi connectivity index (χ0n) is 10.9. The average molecular weight is 256 g/mol. The second-order valence-electron chi connectivity index (χ2n) is 5.05. The van der Waals surface area contributed by atoms with Crippen LogP contribution in [-0.2, 0) is 9.59 Å². The molecule has 1 aliphatic carbocycles. The first kappa shape index (κ1) is 15.0. The summed E-state index contributed by atoms with van der Waals surface area (Å²) in [7, 11) is 0. The Labute approximate surface area is 108 Å². The highest BCUT2D eigenvalue weighted by Crippen LogP contribution is 2.23. The van der Waals surface area contributed by atoms with Gasteiger partial charge in [-0.3, -0.25) is 9.59 Å². The summed E-state index contributed by atoms with van der Waals surface area (Å²) in [5.74, 6) is -0.652. The van der Waals surface area contributed by atoms with Gasteiger partial charge in [0.05, 0.1) is 5.92 Å². The lowest BCUT2D eigenvalue weighted by molar-refractivity contribution is -0.137. The van der Waals surface area contributed by atoms with Crippen molar-refractivity contribution in [2.75, 3.05) is 6.54 Å². The molecule has 0 heterocycles. The molecule has 104 valence electrons. The largest absolute Gasteiger partial charge is 0.481 e. The van der Waals surface area contributed by atoms with Crippen LogP contribution in [0.1, 0.15) is 51.4 Å². The molecule has 5 nitrogen and oxygen atoms in total. The molecule has 0 bridgehead atoms. The lowest BCUT2D eigenvalue weighted by Crippen LogP contribution is -2.38. The van der Waals surface area contributed by atoms with E-state index in [9.17, 15) is 9.59 Å². The predicted octanol–water partition coefficient (Wildman–Crippen LogP) is 1.27. The van der Waals surface area contributed by atoms with Crippen LogP contribution in [0, 0.1) is 5.92 Å². The summed E-state index contributed by atoms with van der Waals surface area (Å²) in [6.45, 7) is 0.676. The normalized spacial score (nSPS) is 22.9. The molecule has 2 atom stereocenters. The van der Waals surface area contributed by atoms with Gasteiger partial charge < -0.3 is 16.2 Å². The average Bonchev–Trinajstić information content (AvgIpc) is 2.73. The summed E-state index contributed by atoms with van der Waals surface area (Å²) in [6, 6.07) is 0.0283. The Morgan fingerprint density at radius 3 is 2.50 bits per heavy atom. The van der Waals surface area contributed by atoms with Crippen LogP contribution in [0.5, 0.6) is 0 Å². The molecular formula is C13H24N2O3. The van der Waals surface area contributed by atoms with Crippen LogP contribution in [0.2, 0.25) is 0 Å². The molecule has 5 heteroatoms. The van der Waals surface area contributed by atoms with E-state index in [0.29, 0.717) is 6.54 Å². The standard InChI is InChI=1S/C13H24N2O3/c14-11-7-5-6-10(11)13(18)15-9-4-2-1-3-8-12(16)17/h10-11H,1-9,14H2,(H,15,18)(H,16,17). The topological polar surface area (TPSA) is 92.4 Å². The van der Waals surface area contributed by atoms with Crippen LogP contribution < -0.4 is 11.1 Å². The lowest BCUT2D eigenvalue weighted by atomic mass is 10.0. The molecule has 0 radical (unpaired) electrons. The number of hydrogen-bond donors (Lipinski definition) is 3. The van der Waals surface area contributed by atoms with Gasteiger partial charge in [0, 0.05) is 19.0 Å². The minimum Gasteiger partial charge on any atom is -0.481 e. The number of unbranched alkanes of at least 4 members (excludes halogenated alkanes) is 3. The zero-order chi connectivity index (χ0) is 13.4. The van der Waals surface area contributed by atoms with Crippen LogP contribution in [0.3, 0.4) is 0 Å². The third kappa shape index (κ3) is 5.49. The van der Waals surface area contributed by atoms with Crippen molar-refractivity contribution < 1.29 is 14.7 Å². The second kappa shape index (κ2) is 8.08. The maximum atomic E-state index is 11.8. The minimum absolute atomic E-state index is 0.00277. The van der Waals surface area contributed by atoms with Crippen LogP contribution in [0.4, 0.5) is 0 Å². The Morgan fingerprint density at radius 1 is 1.17 bits per heavy atom. The van der Waals surface area contributed by atoms with Crippen LogP contribution in [-0.4, -0.2) is 29.6 Å². The fourth-order valence-corrected chi connectivity index (χ4v) is 2.41. The quantitative estimate of drug-likeness (QED) is 0.570. The summed E-state index contributed by atoms with van der Waals surface area (Å²) in [5, 5.41) is 11.4. The van der Waals surface area contributed by atoms with Crippen molar-refractivity contribution in [1.29, 1.82) is 0 Å². The Balaban J connectivity index is 1.97. The molecule has 0 aromatic rings. The van der Waals surface area contributed by atoms with Crippen LogP contribution in [0.25, 0.3) is 0 Å². The second-order valence-corrected chi connectivity index (χ2v) is 5.05. The number of aliphatic carboxylic acids is 1. The van der Waals surface area contributed by atoms with Gasteiger partial charge >= 0.3 is 5.97 Å². The summed E-state index contributed by atoms with van der Waals surface area (Å²) < 4.78 is 0. The Hall–Kier alpha value is -1.10. The van der Waals surface area contributed by atoms with Gasteiger partial charge in [-0.2, -0.15) is 0 Å². The molecule has 1 rings (SSSR count). The smallest absolute Gasteiger partial charge is 0.303 e. The third-order valence-corrected chi connectivity index (χ3v) is 3.52. The maximum absolute atomic E-state index is 11.8. The third-order valence-electron chi connectivity index (χ3n) is 3.52. The van der Waals surface area contributed by atoms with Crippen LogP contribution in [0.15, 0.2) is 0 Å². The van der Waals surface area contributed by atoms with Crippen molar-refractivity contribution in [3.63, 3.8) is 0 Å². The van der Waals surface area contributed by atoms with Crippen molar-refractivity contribution >= 4 is 11.9 Å². The van der Waals surface area contributed by atoms with Gasteiger partial charge in [0.2, 0.25) is 5.91 Å². The van der Waals surface area contributed by atoms with Crippen molar-refractivity contribution in [3.05, 3.63) is 0 Å². The van der Waals surface area contributed by atoms with Crippen molar-refractivity contribution in [2.24, 2.45) is 11.7 Å². The van der Waals surface area contributed by atoms with Gasteiger partial charge in [0.15, 0.2) is 0 Å². The molecule has 0 aromatic heterocycles. The fraction of sp³-hybridized carbons (Fsp3) is 0.846. The van der Waals surface area contributed by atoms with Gasteiger partial charge in [-0.25, -0.2) is 0 Å². The first-order valence-corrected chi connectivity index (χ1v) is 6.86. The number of amides is 1. The van der Waals surface area contributed by atoms with Gasteiger partial charge in [-0.1, -0.05) is 19.3 Å². The SMILES string of the molecule is NC1CCCC1C(=O)NCCCCCCC(=O)O. The molecule has 0 saturated heterocycles. The zero-order valence-corrected chi connectivity index (χ0v) is 10.9. The van der Waals surface area contributed by atoms with E-state index in [0.717, 1.165) is 44.9 Å². The number of carbonyl (C=O) groups is 2. The molecule has 0 aromatic carbocycles. The number of nitrogens with one attached hydrogen (secondary N) is 1. The van der Waals surface area contributed by atoms with Crippen molar-refractivity contribution in [1.82, 2.24) is 5.32 Å². The number of rotatable bonds is 8. The molecular weight excluding hydrogens is 232 g/mol. The van der Waals surface area contributed by atoms with Crippen LogP contribution >= 0.6 is 0 Å². The summed E-state index contributed by atoms with van der Waals surface area (Å²) in [5.41, 5.74) is 5.86. The summed E-state index contributed by atoms with van der Waals surface area (Å²) in [6.07, 6.45) is 6.65. The summed E-state index contributed by atoms with van der Waals surface area (Å²) >= 11 is 0. The maximum Gasteiger partial charge on any atom is 0.303 e. The number of hydrogen-bond acceptors (Lipinski definition) is 3. The molecule has 1 amide bonds. The Bertz CT molecular complexity index is 281. The predicted molar refractivity (Wildman–Crippen MR) is 69.0 cm³/mol. The van der Waals surface area contributed by atoms with E-state index in [1.165, 1.54) is 0 Å². The highest BCUT2D eigenvalue weighted by atomic mass is 16.4. The Morgan fingerprint density at radius 2 is 1.89 bits per heavy atom. The lowest BCUT2D eigenvalue weighted by Gasteiger charge is -2.14. The Kier molecular flexibility index (Phi) is 6.72. The molecule has 2 unspecified atom stereocenters. The monoisotopic (exact) mass is 256 g/mol. The highest BCUT2D eigenvalue weighted by Gasteiger charge is 2.29. The van der Waals surface area contributed by atoms with Gasteiger partial charge in [0.1, 0.15) is 0 Å². The number of nitrogens with two attached hydrogens (primary N) is 1. The van der Waals surface area contributed by atoms with E-state index in [1.807, 2.05) is 0 Å². The van der Waals surface area contributed by atoms with Gasteiger partial charge in [-0.05, 0) is 25.7 Å². The minimum atomic E-state index is -0.737. The summed E-state index contributed by atoms with van der Waals surface area (Å²) in [4.78, 5) is 22.1. The first-order valence-electron chi connectivity index (χ1n) is 6.86. The molecule has 1 aliphatic rings. The van der Waals surface area contributed by atoms with Gasteiger partial charge in [-0.15, -0.1) is 0 Å².